The topological polar surface area (TPSA) is 58.6 Å². The first-order valence-corrected chi connectivity index (χ1v) is 12.0. The highest BCUT2D eigenvalue weighted by molar-refractivity contribution is 7.99. The summed E-state index contributed by atoms with van der Waals surface area (Å²) in [5.74, 6) is 0.212. The summed E-state index contributed by atoms with van der Waals surface area (Å²) in [6, 6.07) is 15.9. The monoisotopic (exact) mass is 440 g/mol. The molecule has 1 saturated carbocycles. The predicted octanol–water partition coefficient (Wildman–Crippen LogP) is 6.41. The molecule has 166 valence electrons. The van der Waals surface area contributed by atoms with Gasteiger partial charge in [0.05, 0.1) is 0 Å². The SMILES string of the molecule is CCCCN(C(=O)NC1CCCCC1)c1ccc(Sc2cccc(OC(C)=O)c2)cc1. The zero-order valence-electron chi connectivity index (χ0n) is 18.4. The maximum Gasteiger partial charge on any atom is 0.322 e. The highest BCUT2D eigenvalue weighted by Crippen LogP contribution is 2.31. The van der Waals surface area contributed by atoms with Crippen molar-refractivity contribution in [3.63, 3.8) is 0 Å². The van der Waals surface area contributed by atoms with Gasteiger partial charge < -0.3 is 10.1 Å². The molecule has 5 nitrogen and oxygen atoms in total. The molecule has 0 spiro atoms. The Labute approximate surface area is 189 Å². The van der Waals surface area contributed by atoms with Gasteiger partial charge in [0.2, 0.25) is 0 Å². The van der Waals surface area contributed by atoms with Gasteiger partial charge in [-0.1, -0.05) is 50.4 Å². The Morgan fingerprint density at radius 3 is 2.48 bits per heavy atom. The third kappa shape index (κ3) is 7.31. The number of amides is 2. The molecule has 31 heavy (non-hydrogen) atoms. The van der Waals surface area contributed by atoms with E-state index in [4.69, 9.17) is 4.74 Å². The number of benzene rings is 2. The number of nitrogens with one attached hydrogen (secondary N) is 1. The second-order valence-corrected chi connectivity index (χ2v) is 9.10. The van der Waals surface area contributed by atoms with Crippen molar-refractivity contribution in [3.05, 3.63) is 48.5 Å². The first-order chi connectivity index (χ1) is 15.0. The average molecular weight is 441 g/mol. The summed E-state index contributed by atoms with van der Waals surface area (Å²) in [7, 11) is 0. The maximum absolute atomic E-state index is 13.0. The number of carbonyl (C=O) groups is 2. The maximum atomic E-state index is 13.0. The largest absolute Gasteiger partial charge is 0.427 e. The van der Waals surface area contributed by atoms with E-state index < -0.39 is 0 Å². The number of rotatable bonds is 8. The van der Waals surface area contributed by atoms with Crippen LogP contribution in [-0.2, 0) is 4.79 Å². The highest BCUT2D eigenvalue weighted by Gasteiger charge is 2.21. The standard InChI is InChI=1S/C25H32N2O3S/c1-3-4-17-27(25(29)26-20-9-6-5-7-10-20)21-13-15-23(16-14-21)31-24-12-8-11-22(18-24)30-19(2)28/h8,11-16,18,20H,3-7,9-10,17H2,1-2H3,(H,26,29). The van der Waals surface area contributed by atoms with Crippen molar-refractivity contribution in [2.24, 2.45) is 0 Å². The fourth-order valence-electron chi connectivity index (χ4n) is 3.76. The molecule has 1 N–H and O–H groups in total. The molecular formula is C25H32N2O3S. The van der Waals surface area contributed by atoms with E-state index in [1.54, 1.807) is 17.8 Å². The van der Waals surface area contributed by atoms with Crippen LogP contribution in [0.5, 0.6) is 5.75 Å². The van der Waals surface area contributed by atoms with E-state index in [2.05, 4.69) is 12.2 Å². The van der Waals surface area contributed by atoms with E-state index in [-0.39, 0.29) is 12.0 Å². The Kier molecular flexibility index (Phi) is 8.83. The van der Waals surface area contributed by atoms with E-state index in [1.807, 2.05) is 47.4 Å². The van der Waals surface area contributed by atoms with Gasteiger partial charge in [0, 0.05) is 35.0 Å². The van der Waals surface area contributed by atoms with E-state index in [9.17, 15) is 9.59 Å². The summed E-state index contributed by atoms with van der Waals surface area (Å²) in [5, 5.41) is 3.24. The fraction of sp³-hybridized carbons (Fsp3) is 0.440. The van der Waals surface area contributed by atoms with Crippen molar-refractivity contribution >= 4 is 29.4 Å². The summed E-state index contributed by atoms with van der Waals surface area (Å²) >= 11 is 1.59. The molecule has 0 saturated heterocycles. The van der Waals surface area contributed by atoms with Crippen molar-refractivity contribution in [3.8, 4) is 5.75 Å². The Bertz CT molecular complexity index is 863. The lowest BCUT2D eigenvalue weighted by Gasteiger charge is -2.28. The zero-order valence-corrected chi connectivity index (χ0v) is 19.2. The second kappa shape index (κ2) is 11.8. The predicted molar refractivity (Wildman–Crippen MR) is 126 cm³/mol. The van der Waals surface area contributed by atoms with Gasteiger partial charge in [-0.3, -0.25) is 9.69 Å². The smallest absolute Gasteiger partial charge is 0.322 e. The minimum atomic E-state index is -0.329. The van der Waals surface area contributed by atoms with Crippen molar-refractivity contribution in [1.29, 1.82) is 0 Å². The molecule has 0 radical (unpaired) electrons. The van der Waals surface area contributed by atoms with Crippen LogP contribution in [-0.4, -0.2) is 24.6 Å². The van der Waals surface area contributed by atoms with Gasteiger partial charge in [0.15, 0.2) is 0 Å². The molecule has 2 aromatic carbocycles. The Hall–Kier alpha value is -2.47. The van der Waals surface area contributed by atoms with Crippen molar-refractivity contribution in [2.75, 3.05) is 11.4 Å². The molecule has 0 heterocycles. The molecule has 0 aliphatic heterocycles. The van der Waals surface area contributed by atoms with Gasteiger partial charge in [0.1, 0.15) is 5.75 Å². The molecular weight excluding hydrogens is 408 g/mol. The van der Waals surface area contributed by atoms with Crippen LogP contribution in [0.25, 0.3) is 0 Å². The van der Waals surface area contributed by atoms with Crippen molar-refractivity contribution in [2.45, 2.75) is 74.6 Å². The van der Waals surface area contributed by atoms with Crippen LogP contribution in [0.15, 0.2) is 58.3 Å². The number of unbranched alkanes of at least 4 members (excludes halogenated alkanes) is 1. The second-order valence-electron chi connectivity index (χ2n) is 7.95. The third-order valence-corrected chi connectivity index (χ3v) is 6.36. The number of urea groups is 1. The molecule has 1 aliphatic carbocycles. The molecule has 2 aromatic rings. The van der Waals surface area contributed by atoms with Gasteiger partial charge in [0.25, 0.3) is 0 Å². The van der Waals surface area contributed by atoms with E-state index in [0.29, 0.717) is 18.3 Å². The number of carbonyl (C=O) groups excluding carboxylic acids is 2. The summed E-state index contributed by atoms with van der Waals surface area (Å²) in [5.41, 5.74) is 0.916. The first kappa shape index (κ1) is 23.2. The number of anilines is 1. The molecule has 0 bridgehead atoms. The van der Waals surface area contributed by atoms with Crippen LogP contribution in [0, 0.1) is 0 Å². The van der Waals surface area contributed by atoms with Crippen molar-refractivity contribution in [1.82, 2.24) is 5.32 Å². The van der Waals surface area contributed by atoms with E-state index in [0.717, 1.165) is 41.2 Å². The molecule has 1 aliphatic rings. The van der Waals surface area contributed by atoms with Crippen LogP contribution >= 0.6 is 11.8 Å². The summed E-state index contributed by atoms with van der Waals surface area (Å²) < 4.78 is 5.17. The molecule has 3 rings (SSSR count). The van der Waals surface area contributed by atoms with Crippen LogP contribution in [0.2, 0.25) is 0 Å². The van der Waals surface area contributed by atoms with Crippen LogP contribution in [0.4, 0.5) is 10.5 Å². The zero-order chi connectivity index (χ0) is 22.1. The number of ether oxygens (including phenoxy) is 1. The van der Waals surface area contributed by atoms with Gasteiger partial charge >= 0.3 is 12.0 Å². The van der Waals surface area contributed by atoms with Gasteiger partial charge in [-0.15, -0.1) is 0 Å². The molecule has 1 fully saturated rings. The number of nitrogens with zero attached hydrogens (tertiary/aromatic N) is 1. The lowest BCUT2D eigenvalue weighted by Crippen LogP contribution is -2.46. The van der Waals surface area contributed by atoms with E-state index >= 15 is 0 Å². The molecule has 0 unspecified atom stereocenters. The Balaban J connectivity index is 1.67. The fourth-order valence-corrected chi connectivity index (χ4v) is 4.63. The minimum absolute atomic E-state index is 0.00911. The summed E-state index contributed by atoms with van der Waals surface area (Å²) in [4.78, 5) is 28.1. The van der Waals surface area contributed by atoms with E-state index in [1.165, 1.54) is 26.2 Å². The molecule has 0 atom stereocenters. The summed E-state index contributed by atoms with van der Waals surface area (Å²) in [6.07, 6.45) is 7.84. The minimum Gasteiger partial charge on any atom is -0.427 e. The lowest BCUT2D eigenvalue weighted by molar-refractivity contribution is -0.131. The molecule has 6 heteroatoms. The average Bonchev–Trinajstić information content (AvgIpc) is 2.75. The lowest BCUT2D eigenvalue weighted by atomic mass is 9.96. The number of esters is 1. The van der Waals surface area contributed by atoms with Gasteiger partial charge in [-0.2, -0.15) is 0 Å². The van der Waals surface area contributed by atoms with Gasteiger partial charge in [-0.05, 0) is 61.7 Å². The van der Waals surface area contributed by atoms with Gasteiger partial charge in [-0.25, -0.2) is 4.79 Å². The van der Waals surface area contributed by atoms with Crippen molar-refractivity contribution < 1.29 is 14.3 Å². The first-order valence-electron chi connectivity index (χ1n) is 11.2. The number of hydrogen-bond donors (Lipinski definition) is 1. The highest BCUT2D eigenvalue weighted by atomic mass is 32.2. The van der Waals surface area contributed by atoms with Crippen LogP contribution in [0.3, 0.4) is 0 Å². The quantitative estimate of drug-likeness (QED) is 0.380. The summed E-state index contributed by atoms with van der Waals surface area (Å²) in [6.45, 7) is 4.25. The van der Waals surface area contributed by atoms with Crippen LogP contribution in [0.1, 0.15) is 58.8 Å². The Morgan fingerprint density at radius 2 is 1.81 bits per heavy atom. The normalized spacial score (nSPS) is 14.1. The molecule has 0 aromatic heterocycles. The number of hydrogen-bond acceptors (Lipinski definition) is 4. The molecule has 2 amide bonds. The Morgan fingerprint density at radius 1 is 1.06 bits per heavy atom. The third-order valence-electron chi connectivity index (χ3n) is 5.36. The van der Waals surface area contributed by atoms with Crippen LogP contribution < -0.4 is 15.0 Å².